The van der Waals surface area contributed by atoms with Gasteiger partial charge < -0.3 is 0 Å². The third-order valence-corrected chi connectivity index (χ3v) is 1.93. The highest BCUT2D eigenvalue weighted by atomic mass is 14.0. The number of rotatable bonds is 0. The Balaban J connectivity index is 2.91. The van der Waals surface area contributed by atoms with Gasteiger partial charge in [-0.3, -0.25) is 0 Å². The highest BCUT2D eigenvalue weighted by Gasteiger charge is 1.92. The molecule has 0 aliphatic carbocycles. The van der Waals surface area contributed by atoms with Crippen molar-refractivity contribution in [1.29, 1.82) is 0 Å². The van der Waals surface area contributed by atoms with Crippen LogP contribution in [-0.2, 0) is 0 Å². The molecule has 0 aliphatic heterocycles. The SMILES string of the molecule is Cc1[c]ccc2ccccc12. The number of fused-ring (bicyclic) bond motifs is 1. The van der Waals surface area contributed by atoms with E-state index >= 15 is 0 Å². The molecule has 0 aliphatic rings. The summed E-state index contributed by atoms with van der Waals surface area (Å²) in [6.45, 7) is 2.09. The van der Waals surface area contributed by atoms with Gasteiger partial charge in [-0.25, -0.2) is 0 Å². The number of benzene rings is 2. The van der Waals surface area contributed by atoms with Crippen molar-refractivity contribution in [1.82, 2.24) is 0 Å². The predicted octanol–water partition coefficient (Wildman–Crippen LogP) is 2.95. The second-order valence-electron chi connectivity index (χ2n) is 2.69. The van der Waals surface area contributed by atoms with Crippen LogP contribution in [0.15, 0.2) is 36.4 Å². The smallest absolute Gasteiger partial charge is 0.0145 e. The quantitative estimate of drug-likeness (QED) is 0.529. The number of hydrogen-bond acceptors (Lipinski definition) is 0. The van der Waals surface area contributed by atoms with E-state index in [1.807, 2.05) is 6.07 Å². The molecule has 0 amide bonds. The van der Waals surface area contributed by atoms with Crippen molar-refractivity contribution in [3.8, 4) is 0 Å². The molecule has 0 spiro atoms. The zero-order chi connectivity index (χ0) is 7.68. The van der Waals surface area contributed by atoms with Crippen LogP contribution in [0, 0.1) is 13.0 Å². The van der Waals surface area contributed by atoms with Crippen molar-refractivity contribution in [2.24, 2.45) is 0 Å². The molecule has 1 radical (unpaired) electrons. The minimum Gasteiger partial charge on any atom is -0.0616 e. The molecule has 2 aromatic carbocycles. The molecule has 0 fully saturated rings. The number of aryl methyl sites for hydroxylation is 1. The fourth-order valence-corrected chi connectivity index (χ4v) is 1.32. The van der Waals surface area contributed by atoms with Gasteiger partial charge in [-0.2, -0.15) is 0 Å². The molecule has 0 N–H and O–H groups in total. The minimum atomic E-state index is 1.23. The molecule has 0 heteroatoms. The lowest BCUT2D eigenvalue weighted by atomic mass is 10.1. The number of hydrogen-bond donors (Lipinski definition) is 0. The standard InChI is InChI=1S/C11H9/c1-9-5-4-7-10-6-2-3-8-11(9)10/h2-4,6-8H,1H3. The molecular formula is C11H9. The summed E-state index contributed by atoms with van der Waals surface area (Å²) in [5.74, 6) is 0. The van der Waals surface area contributed by atoms with Crippen LogP contribution in [0.25, 0.3) is 10.8 Å². The first-order valence-electron chi connectivity index (χ1n) is 3.74. The summed E-state index contributed by atoms with van der Waals surface area (Å²) < 4.78 is 0. The second kappa shape index (κ2) is 2.39. The van der Waals surface area contributed by atoms with Crippen LogP contribution in [0.4, 0.5) is 0 Å². The Bertz CT molecular complexity index is 369. The molecule has 0 saturated carbocycles. The van der Waals surface area contributed by atoms with Gasteiger partial charge in [0, 0.05) is 0 Å². The van der Waals surface area contributed by atoms with Crippen molar-refractivity contribution < 1.29 is 0 Å². The Morgan fingerprint density at radius 3 is 2.73 bits per heavy atom. The van der Waals surface area contributed by atoms with Gasteiger partial charge >= 0.3 is 0 Å². The predicted molar refractivity (Wildman–Crippen MR) is 47.5 cm³/mol. The van der Waals surface area contributed by atoms with Crippen molar-refractivity contribution in [3.63, 3.8) is 0 Å². The topological polar surface area (TPSA) is 0 Å². The first-order chi connectivity index (χ1) is 5.38. The minimum absolute atomic E-state index is 1.23. The van der Waals surface area contributed by atoms with Crippen LogP contribution in [0.5, 0.6) is 0 Å². The maximum Gasteiger partial charge on any atom is -0.0145 e. The van der Waals surface area contributed by atoms with Crippen LogP contribution >= 0.6 is 0 Å². The zero-order valence-corrected chi connectivity index (χ0v) is 6.46. The summed E-state index contributed by atoms with van der Waals surface area (Å²) in [7, 11) is 0. The average molecular weight is 141 g/mol. The van der Waals surface area contributed by atoms with E-state index in [1.165, 1.54) is 16.3 Å². The Morgan fingerprint density at radius 1 is 1.09 bits per heavy atom. The molecule has 0 saturated heterocycles. The molecule has 53 valence electrons. The van der Waals surface area contributed by atoms with Gasteiger partial charge in [0.05, 0.1) is 0 Å². The summed E-state index contributed by atoms with van der Waals surface area (Å²) in [6, 6.07) is 15.6. The van der Waals surface area contributed by atoms with Crippen molar-refractivity contribution >= 4 is 10.8 Å². The van der Waals surface area contributed by atoms with Crippen molar-refractivity contribution in [3.05, 3.63) is 48.0 Å². The lowest BCUT2D eigenvalue weighted by molar-refractivity contribution is 1.52. The van der Waals surface area contributed by atoms with E-state index in [2.05, 4.69) is 43.3 Å². The van der Waals surface area contributed by atoms with Gasteiger partial charge in [0.2, 0.25) is 0 Å². The zero-order valence-electron chi connectivity index (χ0n) is 6.46. The molecular weight excluding hydrogens is 132 g/mol. The lowest BCUT2D eigenvalue weighted by Crippen LogP contribution is -1.75. The van der Waals surface area contributed by atoms with E-state index in [4.69, 9.17) is 0 Å². The van der Waals surface area contributed by atoms with E-state index in [9.17, 15) is 0 Å². The maximum absolute atomic E-state index is 3.17. The Kier molecular flexibility index (Phi) is 1.39. The fraction of sp³-hybridized carbons (Fsp3) is 0.0909. The molecule has 0 nitrogen and oxygen atoms in total. The normalized spacial score (nSPS) is 10.3. The highest BCUT2D eigenvalue weighted by Crippen LogP contribution is 2.16. The first-order valence-corrected chi connectivity index (χ1v) is 3.74. The molecule has 0 bridgehead atoms. The summed E-state index contributed by atoms with van der Waals surface area (Å²) >= 11 is 0. The molecule has 11 heavy (non-hydrogen) atoms. The van der Waals surface area contributed by atoms with Gasteiger partial charge in [0.15, 0.2) is 0 Å². The van der Waals surface area contributed by atoms with Crippen molar-refractivity contribution in [2.45, 2.75) is 6.92 Å². The summed E-state index contributed by atoms with van der Waals surface area (Å²) in [6.07, 6.45) is 0. The summed E-state index contributed by atoms with van der Waals surface area (Å²) in [4.78, 5) is 0. The summed E-state index contributed by atoms with van der Waals surface area (Å²) in [5, 5.41) is 2.60. The van der Waals surface area contributed by atoms with E-state index < -0.39 is 0 Å². The van der Waals surface area contributed by atoms with E-state index in [1.54, 1.807) is 0 Å². The Morgan fingerprint density at radius 2 is 1.91 bits per heavy atom. The van der Waals surface area contributed by atoms with Crippen LogP contribution in [-0.4, -0.2) is 0 Å². The van der Waals surface area contributed by atoms with E-state index in [0.717, 1.165) is 0 Å². The van der Waals surface area contributed by atoms with Gasteiger partial charge in [-0.15, -0.1) is 0 Å². The summed E-state index contributed by atoms with van der Waals surface area (Å²) in [5.41, 5.74) is 1.23. The first kappa shape index (κ1) is 6.41. The van der Waals surface area contributed by atoms with Crippen LogP contribution in [0.2, 0.25) is 0 Å². The molecule has 2 aromatic rings. The van der Waals surface area contributed by atoms with Crippen LogP contribution < -0.4 is 0 Å². The third-order valence-electron chi connectivity index (χ3n) is 1.93. The van der Waals surface area contributed by atoms with Gasteiger partial charge in [0.25, 0.3) is 0 Å². The van der Waals surface area contributed by atoms with E-state index in [-0.39, 0.29) is 0 Å². The third kappa shape index (κ3) is 1.01. The lowest BCUT2D eigenvalue weighted by Gasteiger charge is -1.98. The van der Waals surface area contributed by atoms with Gasteiger partial charge in [-0.05, 0) is 29.3 Å². The molecule has 0 atom stereocenters. The Hall–Kier alpha value is -1.30. The largest absolute Gasteiger partial charge is 0.0616 e. The molecule has 0 aromatic heterocycles. The Labute approximate surface area is 66.5 Å². The van der Waals surface area contributed by atoms with Crippen molar-refractivity contribution in [2.75, 3.05) is 0 Å². The average Bonchev–Trinajstić information content (AvgIpc) is 2.06. The molecule has 0 unspecified atom stereocenters. The van der Waals surface area contributed by atoms with Crippen LogP contribution in [0.3, 0.4) is 0 Å². The monoisotopic (exact) mass is 141 g/mol. The fourth-order valence-electron chi connectivity index (χ4n) is 1.32. The molecule has 0 heterocycles. The van der Waals surface area contributed by atoms with Crippen LogP contribution in [0.1, 0.15) is 5.56 Å². The highest BCUT2D eigenvalue weighted by molar-refractivity contribution is 5.85. The van der Waals surface area contributed by atoms with E-state index in [0.29, 0.717) is 0 Å². The maximum atomic E-state index is 3.17. The van der Waals surface area contributed by atoms with Gasteiger partial charge in [0.1, 0.15) is 0 Å². The van der Waals surface area contributed by atoms with Gasteiger partial charge in [-0.1, -0.05) is 36.4 Å². The molecule has 2 rings (SSSR count). The second-order valence-corrected chi connectivity index (χ2v) is 2.69.